The maximum Gasteiger partial charge on any atom is 0.282 e. The van der Waals surface area contributed by atoms with Gasteiger partial charge in [0.15, 0.2) is 0 Å². The van der Waals surface area contributed by atoms with E-state index in [2.05, 4.69) is 63.8 Å². The molecule has 222 valence electrons. The van der Waals surface area contributed by atoms with Gasteiger partial charge in [0, 0.05) is 23.6 Å². The lowest BCUT2D eigenvalue weighted by Crippen LogP contribution is -2.23. The summed E-state index contributed by atoms with van der Waals surface area (Å²) in [7, 11) is 0. The molecular formula is C39H34N4O2. The van der Waals surface area contributed by atoms with Crippen LogP contribution in [0.15, 0.2) is 161 Å². The van der Waals surface area contributed by atoms with E-state index in [1.54, 1.807) is 30.5 Å². The second-order valence-electron chi connectivity index (χ2n) is 10.3. The molecule has 0 unspecified atom stereocenters. The Balaban J connectivity index is 0.000000179. The zero-order chi connectivity index (χ0) is 31.1. The van der Waals surface area contributed by atoms with Crippen molar-refractivity contribution < 1.29 is 9.59 Å². The minimum Gasteiger partial charge on any atom is -0.267 e. The second-order valence-corrected chi connectivity index (χ2v) is 10.3. The van der Waals surface area contributed by atoms with E-state index in [0.29, 0.717) is 17.5 Å². The standard InChI is InChI=1S/C22H20N2.C17H14N2O2/c1-4-11-19(12-5-1)13-10-18-23-24-22(20-14-6-2-7-15-20)21-16-8-3-9-17-21;20-16-14-10-4-5-11-15(14)17(21)19(16)18-12-6-9-13-7-2-1-3-8-13/h1-9,11-12,14-18H,10,13H2;1-5,7-8,10-12H,6,9H2. The monoisotopic (exact) mass is 590 g/mol. The zero-order valence-corrected chi connectivity index (χ0v) is 24.9. The molecule has 0 bridgehead atoms. The molecule has 1 heterocycles. The first-order valence-electron chi connectivity index (χ1n) is 15.0. The van der Waals surface area contributed by atoms with E-state index in [0.717, 1.165) is 41.1 Å². The van der Waals surface area contributed by atoms with Gasteiger partial charge in [0.1, 0.15) is 5.71 Å². The van der Waals surface area contributed by atoms with Crippen molar-refractivity contribution in [2.45, 2.75) is 25.7 Å². The number of hydrogen-bond acceptors (Lipinski definition) is 5. The lowest BCUT2D eigenvalue weighted by molar-refractivity contribution is 0.0659. The largest absolute Gasteiger partial charge is 0.282 e. The molecule has 0 aliphatic carbocycles. The van der Waals surface area contributed by atoms with Crippen LogP contribution >= 0.6 is 0 Å². The lowest BCUT2D eigenvalue weighted by atomic mass is 10.0. The predicted octanol–water partition coefficient (Wildman–Crippen LogP) is 8.04. The minimum atomic E-state index is -0.355. The molecule has 45 heavy (non-hydrogen) atoms. The Morgan fingerprint density at radius 1 is 0.511 bits per heavy atom. The Bertz CT molecular complexity index is 1690. The van der Waals surface area contributed by atoms with Crippen LogP contribution in [0.25, 0.3) is 0 Å². The Morgan fingerprint density at radius 2 is 0.911 bits per heavy atom. The molecule has 1 aliphatic rings. The summed E-state index contributed by atoms with van der Waals surface area (Å²) in [5.41, 5.74) is 6.40. The Kier molecular flexibility index (Phi) is 11.0. The third kappa shape index (κ3) is 8.65. The summed E-state index contributed by atoms with van der Waals surface area (Å²) in [4.78, 5) is 24.1. The summed E-state index contributed by atoms with van der Waals surface area (Å²) < 4.78 is 0. The van der Waals surface area contributed by atoms with Crippen molar-refractivity contribution in [1.29, 1.82) is 0 Å². The molecule has 2 amide bonds. The fourth-order valence-electron chi connectivity index (χ4n) is 4.80. The van der Waals surface area contributed by atoms with E-state index in [-0.39, 0.29) is 11.8 Å². The van der Waals surface area contributed by atoms with Gasteiger partial charge in [-0.25, -0.2) is 0 Å². The first kappa shape index (κ1) is 30.7. The molecule has 0 N–H and O–H groups in total. The molecule has 0 atom stereocenters. The van der Waals surface area contributed by atoms with Crippen LogP contribution in [0, 0.1) is 0 Å². The van der Waals surface area contributed by atoms with Crippen LogP contribution in [0.2, 0.25) is 0 Å². The van der Waals surface area contributed by atoms with Crippen LogP contribution in [0.5, 0.6) is 0 Å². The van der Waals surface area contributed by atoms with Gasteiger partial charge in [-0.05, 0) is 48.9 Å². The highest BCUT2D eigenvalue weighted by atomic mass is 16.2. The summed E-state index contributed by atoms with van der Waals surface area (Å²) >= 11 is 0. The Hall–Kier alpha value is -5.75. The van der Waals surface area contributed by atoms with Gasteiger partial charge in [-0.15, -0.1) is 0 Å². The second kappa shape index (κ2) is 16.2. The summed E-state index contributed by atoms with van der Waals surface area (Å²) in [6.45, 7) is 0. The van der Waals surface area contributed by atoms with Crippen molar-refractivity contribution in [3.8, 4) is 0 Å². The Morgan fingerprint density at radius 3 is 1.38 bits per heavy atom. The van der Waals surface area contributed by atoms with E-state index in [4.69, 9.17) is 0 Å². The molecule has 6 rings (SSSR count). The summed E-state index contributed by atoms with van der Waals surface area (Å²) in [5, 5.41) is 13.7. The molecule has 5 aromatic carbocycles. The average Bonchev–Trinajstić information content (AvgIpc) is 3.35. The van der Waals surface area contributed by atoms with Gasteiger partial charge in [0.25, 0.3) is 11.8 Å². The van der Waals surface area contributed by atoms with Crippen LogP contribution in [-0.4, -0.2) is 35.0 Å². The van der Waals surface area contributed by atoms with Gasteiger partial charge in [0.2, 0.25) is 0 Å². The van der Waals surface area contributed by atoms with Crippen molar-refractivity contribution in [3.05, 3.63) is 179 Å². The highest BCUT2D eigenvalue weighted by molar-refractivity contribution is 6.21. The molecule has 0 spiro atoms. The van der Waals surface area contributed by atoms with Crippen LogP contribution in [-0.2, 0) is 12.8 Å². The Labute approximate surface area is 264 Å². The van der Waals surface area contributed by atoms with Crippen LogP contribution in [0.4, 0.5) is 0 Å². The summed E-state index contributed by atoms with van der Waals surface area (Å²) in [6, 6.07) is 47.6. The lowest BCUT2D eigenvalue weighted by Gasteiger charge is -2.05. The van der Waals surface area contributed by atoms with E-state index < -0.39 is 0 Å². The number of rotatable bonds is 10. The molecule has 0 saturated heterocycles. The van der Waals surface area contributed by atoms with Crippen LogP contribution in [0.3, 0.4) is 0 Å². The minimum absolute atomic E-state index is 0.355. The van der Waals surface area contributed by atoms with Crippen LogP contribution < -0.4 is 0 Å². The maximum absolute atomic E-state index is 12.1. The van der Waals surface area contributed by atoms with Crippen molar-refractivity contribution in [2.24, 2.45) is 15.3 Å². The average molecular weight is 591 g/mol. The SMILES string of the molecule is C(CCc1ccccc1)=NN=C(c1ccccc1)c1ccccc1.O=C1c2ccccc2C(=O)N1N=CCCc1ccccc1. The van der Waals surface area contributed by atoms with Gasteiger partial charge in [0.05, 0.1) is 11.1 Å². The van der Waals surface area contributed by atoms with Gasteiger partial charge in [-0.3, -0.25) is 9.59 Å². The third-order valence-corrected chi connectivity index (χ3v) is 7.11. The first-order valence-corrected chi connectivity index (χ1v) is 15.0. The smallest absolute Gasteiger partial charge is 0.267 e. The van der Waals surface area contributed by atoms with E-state index >= 15 is 0 Å². The maximum atomic E-state index is 12.1. The molecule has 0 radical (unpaired) electrons. The number of aryl methyl sites for hydroxylation is 2. The molecule has 0 aromatic heterocycles. The number of imide groups is 1. The fourth-order valence-corrected chi connectivity index (χ4v) is 4.80. The van der Waals surface area contributed by atoms with Crippen molar-refractivity contribution in [1.82, 2.24) is 5.01 Å². The molecule has 0 fully saturated rings. The quantitative estimate of drug-likeness (QED) is 0.0938. The van der Waals surface area contributed by atoms with Gasteiger partial charge in [-0.1, -0.05) is 133 Å². The third-order valence-electron chi connectivity index (χ3n) is 7.11. The normalized spacial score (nSPS) is 12.2. The number of fused-ring (bicyclic) bond motifs is 1. The molecule has 5 aromatic rings. The van der Waals surface area contributed by atoms with Gasteiger partial charge >= 0.3 is 0 Å². The molecule has 6 nitrogen and oxygen atoms in total. The van der Waals surface area contributed by atoms with Crippen LogP contribution in [0.1, 0.15) is 55.8 Å². The fraction of sp³-hybridized carbons (Fsp3) is 0.103. The number of carbonyl (C=O) groups excluding carboxylic acids is 2. The molecule has 1 aliphatic heterocycles. The number of carbonyl (C=O) groups is 2. The summed E-state index contributed by atoms with van der Waals surface area (Å²) in [6.07, 6.45) is 6.87. The number of benzene rings is 5. The highest BCUT2D eigenvalue weighted by Crippen LogP contribution is 2.22. The molecule has 6 heteroatoms. The van der Waals surface area contributed by atoms with Crippen molar-refractivity contribution in [3.63, 3.8) is 0 Å². The van der Waals surface area contributed by atoms with Gasteiger partial charge in [-0.2, -0.15) is 20.3 Å². The van der Waals surface area contributed by atoms with E-state index in [9.17, 15) is 9.59 Å². The number of hydrazone groups is 1. The summed E-state index contributed by atoms with van der Waals surface area (Å²) in [5.74, 6) is -0.710. The van der Waals surface area contributed by atoms with Gasteiger partial charge < -0.3 is 0 Å². The topological polar surface area (TPSA) is 74.5 Å². The zero-order valence-electron chi connectivity index (χ0n) is 24.9. The first-order chi connectivity index (χ1) is 22.2. The van der Waals surface area contributed by atoms with E-state index in [1.807, 2.05) is 79.0 Å². The number of amides is 2. The highest BCUT2D eigenvalue weighted by Gasteiger charge is 2.35. The van der Waals surface area contributed by atoms with E-state index in [1.165, 1.54) is 11.1 Å². The van der Waals surface area contributed by atoms with Crippen molar-refractivity contribution in [2.75, 3.05) is 0 Å². The number of nitrogens with zero attached hydrogens (tertiary/aromatic N) is 4. The number of hydrogen-bond donors (Lipinski definition) is 0. The molecular weight excluding hydrogens is 556 g/mol. The van der Waals surface area contributed by atoms with Crippen molar-refractivity contribution >= 4 is 30.0 Å². The predicted molar refractivity (Wildman–Crippen MR) is 182 cm³/mol. The molecule has 0 saturated carbocycles.